The van der Waals surface area contributed by atoms with Crippen molar-refractivity contribution in [2.24, 2.45) is 11.8 Å². The van der Waals surface area contributed by atoms with Crippen LogP contribution >= 0.6 is 0 Å². The second-order valence-corrected chi connectivity index (χ2v) is 5.36. The van der Waals surface area contributed by atoms with Crippen LogP contribution in [-0.2, 0) is 0 Å². The molecule has 92 valence electrons. The van der Waals surface area contributed by atoms with Gasteiger partial charge in [0.05, 0.1) is 0 Å². The normalized spacial score (nSPS) is 13.4. The van der Waals surface area contributed by atoms with E-state index in [2.05, 4.69) is 20.8 Å². The molecule has 0 heterocycles. The lowest BCUT2D eigenvalue weighted by molar-refractivity contribution is 0.256. The van der Waals surface area contributed by atoms with Gasteiger partial charge >= 0.3 is 0 Å². The summed E-state index contributed by atoms with van der Waals surface area (Å²) in [6.07, 6.45) is 10.6. The molecule has 0 saturated carbocycles. The van der Waals surface area contributed by atoms with Crippen molar-refractivity contribution in [3.05, 3.63) is 0 Å². The first-order chi connectivity index (χ1) is 7.16. The summed E-state index contributed by atoms with van der Waals surface area (Å²) < 4.78 is 0. The Kier molecular flexibility index (Phi) is 10.4. The first kappa shape index (κ1) is 15.0. The summed E-state index contributed by atoms with van der Waals surface area (Å²) in [6, 6.07) is 0. The van der Waals surface area contributed by atoms with Crippen LogP contribution in [0.3, 0.4) is 0 Å². The molecule has 0 spiro atoms. The molecule has 0 aromatic carbocycles. The van der Waals surface area contributed by atoms with Crippen molar-refractivity contribution in [2.45, 2.75) is 72.1 Å². The molecule has 0 rings (SSSR count). The summed E-state index contributed by atoms with van der Waals surface area (Å²) in [5.41, 5.74) is 0. The standard InChI is InChI=1S/C14H30O/c1-13(2)9-7-5-4-6-8-10-14(3)11-12-15/h13-15H,4-12H2,1-3H3. The Labute approximate surface area is 96.3 Å². The van der Waals surface area contributed by atoms with Crippen molar-refractivity contribution in [3.8, 4) is 0 Å². The summed E-state index contributed by atoms with van der Waals surface area (Å²) in [4.78, 5) is 0. The van der Waals surface area contributed by atoms with Crippen LogP contribution in [-0.4, -0.2) is 11.7 Å². The van der Waals surface area contributed by atoms with Gasteiger partial charge in [-0.1, -0.05) is 65.7 Å². The molecule has 0 fully saturated rings. The number of hydrogen-bond donors (Lipinski definition) is 1. The summed E-state index contributed by atoms with van der Waals surface area (Å²) in [5, 5.41) is 8.76. The number of aliphatic hydroxyl groups excluding tert-OH is 1. The molecule has 0 saturated heterocycles. The van der Waals surface area contributed by atoms with Gasteiger partial charge in [-0.25, -0.2) is 0 Å². The average molecular weight is 214 g/mol. The van der Waals surface area contributed by atoms with Crippen molar-refractivity contribution in [1.82, 2.24) is 0 Å². The molecular formula is C14H30O. The predicted octanol–water partition coefficient (Wildman–Crippen LogP) is 4.39. The first-order valence-corrected chi connectivity index (χ1v) is 6.77. The summed E-state index contributed by atoms with van der Waals surface area (Å²) in [7, 11) is 0. The molecule has 15 heavy (non-hydrogen) atoms. The lowest BCUT2D eigenvalue weighted by Gasteiger charge is -2.09. The van der Waals surface area contributed by atoms with Gasteiger partial charge in [-0.3, -0.25) is 0 Å². The molecule has 0 aliphatic carbocycles. The van der Waals surface area contributed by atoms with E-state index in [1.165, 1.54) is 44.9 Å². The Hall–Kier alpha value is -0.0400. The summed E-state index contributed by atoms with van der Waals surface area (Å²) >= 11 is 0. The Balaban J connectivity index is 3.04. The third-order valence-electron chi connectivity index (χ3n) is 3.10. The maximum absolute atomic E-state index is 8.76. The highest BCUT2D eigenvalue weighted by Gasteiger charge is 2.00. The molecule has 0 amide bonds. The van der Waals surface area contributed by atoms with Crippen LogP contribution in [0.2, 0.25) is 0 Å². The zero-order valence-corrected chi connectivity index (χ0v) is 11.0. The van der Waals surface area contributed by atoms with E-state index in [9.17, 15) is 0 Å². The monoisotopic (exact) mass is 214 g/mol. The zero-order chi connectivity index (χ0) is 11.5. The third kappa shape index (κ3) is 11.9. The lowest BCUT2D eigenvalue weighted by Crippen LogP contribution is -1.97. The van der Waals surface area contributed by atoms with E-state index in [-0.39, 0.29) is 0 Å². The van der Waals surface area contributed by atoms with Crippen LogP contribution in [0.15, 0.2) is 0 Å². The molecule has 1 heteroatoms. The number of hydrogen-bond acceptors (Lipinski definition) is 1. The van der Waals surface area contributed by atoms with Gasteiger partial charge < -0.3 is 5.11 Å². The maximum Gasteiger partial charge on any atom is 0.0433 e. The van der Waals surface area contributed by atoms with Crippen molar-refractivity contribution in [3.63, 3.8) is 0 Å². The molecule has 0 aliphatic heterocycles. The van der Waals surface area contributed by atoms with Crippen LogP contribution in [0.5, 0.6) is 0 Å². The molecule has 1 unspecified atom stereocenters. The highest BCUT2D eigenvalue weighted by molar-refractivity contribution is 4.54. The van der Waals surface area contributed by atoms with Crippen LogP contribution in [0, 0.1) is 11.8 Å². The summed E-state index contributed by atoms with van der Waals surface area (Å²) in [6.45, 7) is 7.21. The first-order valence-electron chi connectivity index (χ1n) is 6.77. The highest BCUT2D eigenvalue weighted by Crippen LogP contribution is 2.15. The van der Waals surface area contributed by atoms with Crippen LogP contribution in [0.1, 0.15) is 72.1 Å². The quantitative estimate of drug-likeness (QED) is 0.535. The Bertz CT molecular complexity index is 121. The molecule has 0 bridgehead atoms. The van der Waals surface area contributed by atoms with Crippen LogP contribution in [0.25, 0.3) is 0 Å². The minimum absolute atomic E-state index is 0.357. The minimum atomic E-state index is 0.357. The predicted molar refractivity (Wildman–Crippen MR) is 68.0 cm³/mol. The molecule has 1 nitrogen and oxygen atoms in total. The third-order valence-corrected chi connectivity index (χ3v) is 3.10. The van der Waals surface area contributed by atoms with Gasteiger partial charge in [0, 0.05) is 6.61 Å². The van der Waals surface area contributed by atoms with Gasteiger partial charge in [-0.05, 0) is 18.3 Å². The Morgan fingerprint density at radius 3 is 1.80 bits per heavy atom. The van der Waals surface area contributed by atoms with Gasteiger partial charge in [0.15, 0.2) is 0 Å². The fourth-order valence-corrected chi connectivity index (χ4v) is 1.94. The topological polar surface area (TPSA) is 20.2 Å². The van der Waals surface area contributed by atoms with Gasteiger partial charge in [0.2, 0.25) is 0 Å². The van der Waals surface area contributed by atoms with E-state index in [1.54, 1.807) is 0 Å². The second kappa shape index (κ2) is 10.5. The highest BCUT2D eigenvalue weighted by atomic mass is 16.3. The molecular weight excluding hydrogens is 184 g/mol. The van der Waals surface area contributed by atoms with Crippen molar-refractivity contribution < 1.29 is 5.11 Å². The Morgan fingerprint density at radius 1 is 0.733 bits per heavy atom. The fraction of sp³-hybridized carbons (Fsp3) is 1.00. The van der Waals surface area contributed by atoms with Gasteiger partial charge in [0.25, 0.3) is 0 Å². The van der Waals surface area contributed by atoms with Crippen molar-refractivity contribution in [2.75, 3.05) is 6.61 Å². The second-order valence-electron chi connectivity index (χ2n) is 5.36. The molecule has 0 radical (unpaired) electrons. The molecule has 0 aliphatic rings. The largest absolute Gasteiger partial charge is 0.396 e. The van der Waals surface area contributed by atoms with Gasteiger partial charge in [-0.2, -0.15) is 0 Å². The number of aliphatic hydroxyl groups is 1. The zero-order valence-electron chi connectivity index (χ0n) is 11.0. The van der Waals surface area contributed by atoms with E-state index in [1.807, 2.05) is 0 Å². The Morgan fingerprint density at radius 2 is 1.27 bits per heavy atom. The number of rotatable bonds is 10. The van der Waals surface area contributed by atoms with Gasteiger partial charge in [-0.15, -0.1) is 0 Å². The van der Waals surface area contributed by atoms with Crippen LogP contribution in [0.4, 0.5) is 0 Å². The van der Waals surface area contributed by atoms with Crippen molar-refractivity contribution >= 4 is 0 Å². The average Bonchev–Trinajstić information content (AvgIpc) is 2.16. The van der Waals surface area contributed by atoms with E-state index in [0.717, 1.165) is 12.3 Å². The number of unbranched alkanes of at least 4 members (excludes halogenated alkanes) is 4. The van der Waals surface area contributed by atoms with E-state index in [0.29, 0.717) is 12.5 Å². The smallest absolute Gasteiger partial charge is 0.0433 e. The fourth-order valence-electron chi connectivity index (χ4n) is 1.94. The minimum Gasteiger partial charge on any atom is -0.396 e. The summed E-state index contributed by atoms with van der Waals surface area (Å²) in [5.74, 6) is 1.58. The molecule has 0 aromatic heterocycles. The van der Waals surface area contributed by atoms with Crippen molar-refractivity contribution in [1.29, 1.82) is 0 Å². The van der Waals surface area contributed by atoms with E-state index in [4.69, 9.17) is 5.11 Å². The molecule has 1 atom stereocenters. The molecule has 0 aromatic rings. The maximum atomic E-state index is 8.76. The van der Waals surface area contributed by atoms with E-state index < -0.39 is 0 Å². The van der Waals surface area contributed by atoms with E-state index >= 15 is 0 Å². The lowest BCUT2D eigenvalue weighted by atomic mass is 9.98. The SMILES string of the molecule is CC(C)CCCCCCCC(C)CCO. The van der Waals surface area contributed by atoms with Crippen LogP contribution < -0.4 is 0 Å². The molecule has 1 N–H and O–H groups in total. The van der Waals surface area contributed by atoms with Gasteiger partial charge in [0.1, 0.15) is 0 Å².